The smallest absolute Gasteiger partial charge is 0.368 e. The molecule has 4 fully saturated rings. The van der Waals surface area contributed by atoms with Crippen LogP contribution in [0, 0.1) is 46.3 Å². The summed E-state index contributed by atoms with van der Waals surface area (Å²) in [6.07, 6.45) is 3.63. The molecule has 11 atom stereocenters. The number of aliphatic hydroxyl groups excluding tert-OH is 2. The Morgan fingerprint density at radius 3 is 2.35 bits per heavy atom. The Balaban J connectivity index is 1.24. The van der Waals surface area contributed by atoms with E-state index in [9.17, 15) is 45.9 Å². The molecule has 4 aliphatic carbocycles. The molecular weight excluding hydrogens is 593 g/mol. The molecule has 0 bridgehead atoms. The third-order valence-corrected chi connectivity index (χ3v) is 12.9. The van der Waals surface area contributed by atoms with Crippen molar-refractivity contribution in [2.24, 2.45) is 46.3 Å². The summed E-state index contributed by atoms with van der Waals surface area (Å²) in [4.78, 5) is 24.0. The van der Waals surface area contributed by atoms with Crippen molar-refractivity contribution in [2.45, 2.75) is 115 Å². The monoisotopic (exact) mass is 639 g/mol. The maximum Gasteiger partial charge on any atom is 0.368 e. The first-order chi connectivity index (χ1) is 19.9. The van der Waals surface area contributed by atoms with Crippen LogP contribution in [0.5, 0.6) is 0 Å². The van der Waals surface area contributed by atoms with Gasteiger partial charge in [-0.05, 0) is 104 Å². The van der Waals surface area contributed by atoms with Crippen LogP contribution >= 0.6 is 0 Å². The predicted octanol–water partition coefficient (Wildman–Crippen LogP) is 4.35. The Morgan fingerprint density at radius 2 is 1.67 bits per heavy atom. The summed E-state index contributed by atoms with van der Waals surface area (Å²) in [7, 11) is -6.27. The number of aliphatic hydroxyl groups is 2. The minimum atomic E-state index is -6.27. The Hall–Kier alpha value is -1.44. The highest BCUT2D eigenvalue weighted by Crippen LogP contribution is 2.68. The number of carbonyl (C=O) groups excluding carboxylic acids is 2. The number of hydrogen-bond acceptors (Lipinski definition) is 9. The van der Waals surface area contributed by atoms with Crippen molar-refractivity contribution in [3.63, 3.8) is 0 Å². The van der Waals surface area contributed by atoms with Crippen molar-refractivity contribution in [1.29, 1.82) is 0 Å². The number of fused-ring (bicyclic) bond motifs is 5. The molecule has 1 unspecified atom stereocenters. The molecule has 248 valence electrons. The van der Waals surface area contributed by atoms with Gasteiger partial charge in [0.05, 0.1) is 18.6 Å². The van der Waals surface area contributed by atoms with E-state index in [-0.39, 0.29) is 35.2 Å². The fourth-order valence-corrected chi connectivity index (χ4v) is 9.90. The summed E-state index contributed by atoms with van der Waals surface area (Å²) in [6, 6.07) is 0. The van der Waals surface area contributed by atoms with Crippen molar-refractivity contribution in [2.75, 3.05) is 13.2 Å². The van der Waals surface area contributed by atoms with E-state index in [2.05, 4.69) is 25.5 Å². The first-order valence-electron chi connectivity index (χ1n) is 15.6. The number of halogens is 3. The molecule has 4 aliphatic rings. The summed E-state index contributed by atoms with van der Waals surface area (Å²) in [5.41, 5.74) is -0.0946. The van der Waals surface area contributed by atoms with Gasteiger partial charge < -0.3 is 24.2 Å². The molecule has 4 rings (SSSR count). The van der Waals surface area contributed by atoms with Crippen LogP contribution in [-0.4, -0.2) is 72.0 Å². The van der Waals surface area contributed by atoms with E-state index in [1.54, 1.807) is 0 Å². The van der Waals surface area contributed by atoms with Gasteiger partial charge in [0.1, 0.15) is 13.2 Å². The lowest BCUT2D eigenvalue weighted by molar-refractivity contribution is -0.175. The second-order valence-corrected chi connectivity index (χ2v) is 15.5. The lowest BCUT2D eigenvalue weighted by Gasteiger charge is -2.62. The standard InChI is InChI=1S/C30H47F3O9S/c1-17(4-9-26(36)41-13-11-27(37)42-16-24(31)30(32,33)43(38,39)40)21-7-8-22-20-6-5-18-14-19(34)10-12-28(18,2)23(20)15-25(35)29(21,22)3/h17-25,34-35H,4-16H2,1-3H3,(H,38,39,40)/p-1/t17-,18-,19-,20+,21-,22+,23+,24?,25+,28+,29-/m1/s1. The molecule has 0 aromatic carbocycles. The summed E-state index contributed by atoms with van der Waals surface area (Å²) in [6.45, 7) is 4.64. The zero-order valence-electron chi connectivity index (χ0n) is 25.2. The SMILES string of the molecule is C[C@H](CCC(=O)OCCC(=O)OCC(F)C(F)(F)S(=O)(=O)[O-])[C@H]1CC[C@H]2[C@@H]3CC[C@@H]4C[C@H](O)CC[C@]4(C)[C@H]3C[C@H](O)[C@]12C. The molecule has 0 amide bonds. The molecule has 0 aromatic rings. The van der Waals surface area contributed by atoms with Crippen LogP contribution in [0.3, 0.4) is 0 Å². The number of carbonyl (C=O) groups is 2. The minimum absolute atomic E-state index is 0.0812. The van der Waals surface area contributed by atoms with Gasteiger partial charge in [-0.15, -0.1) is 0 Å². The van der Waals surface area contributed by atoms with Crippen LogP contribution in [-0.2, 0) is 29.2 Å². The van der Waals surface area contributed by atoms with Crippen LogP contribution in [0.2, 0.25) is 0 Å². The highest BCUT2D eigenvalue weighted by atomic mass is 32.2. The quantitative estimate of drug-likeness (QED) is 0.249. The largest absolute Gasteiger partial charge is 0.743 e. The van der Waals surface area contributed by atoms with Gasteiger partial charge in [-0.1, -0.05) is 20.8 Å². The van der Waals surface area contributed by atoms with Crippen molar-refractivity contribution in [3.05, 3.63) is 0 Å². The van der Waals surface area contributed by atoms with E-state index in [1.807, 2.05) is 0 Å². The lowest BCUT2D eigenvalue weighted by Crippen LogP contribution is -2.58. The molecular formula is C30H46F3O9S-. The zero-order chi connectivity index (χ0) is 32.0. The molecule has 0 aliphatic heterocycles. The fraction of sp³-hybridized carbons (Fsp3) is 0.933. The number of rotatable bonds is 11. The van der Waals surface area contributed by atoms with Crippen molar-refractivity contribution < 1.29 is 55.4 Å². The second-order valence-electron chi connectivity index (χ2n) is 14.0. The highest BCUT2D eigenvalue weighted by Gasteiger charge is 2.63. The Bertz CT molecular complexity index is 1140. The van der Waals surface area contributed by atoms with Crippen LogP contribution in [0.25, 0.3) is 0 Å². The predicted molar refractivity (Wildman–Crippen MR) is 147 cm³/mol. The van der Waals surface area contributed by atoms with Crippen LogP contribution in [0.15, 0.2) is 0 Å². The molecule has 9 nitrogen and oxygen atoms in total. The molecule has 0 heterocycles. The molecule has 2 N–H and O–H groups in total. The fourth-order valence-electron chi connectivity index (χ4n) is 9.52. The van der Waals surface area contributed by atoms with Gasteiger partial charge in [0, 0.05) is 6.42 Å². The van der Waals surface area contributed by atoms with E-state index in [4.69, 9.17) is 4.74 Å². The molecule has 4 saturated carbocycles. The summed E-state index contributed by atoms with van der Waals surface area (Å²) in [5, 5.41) is 16.7. The molecule has 0 saturated heterocycles. The number of esters is 2. The second kappa shape index (κ2) is 12.7. The van der Waals surface area contributed by atoms with E-state index in [0.717, 1.165) is 51.4 Å². The first-order valence-corrected chi connectivity index (χ1v) is 17.0. The molecule has 43 heavy (non-hydrogen) atoms. The zero-order valence-corrected chi connectivity index (χ0v) is 26.0. The number of ether oxygens (including phenoxy) is 2. The molecule has 0 radical (unpaired) electrons. The van der Waals surface area contributed by atoms with E-state index >= 15 is 0 Å². The average molecular weight is 640 g/mol. The third-order valence-electron chi connectivity index (χ3n) is 12.0. The van der Waals surface area contributed by atoms with Gasteiger partial charge in [0.2, 0.25) is 6.17 Å². The van der Waals surface area contributed by atoms with Crippen molar-refractivity contribution in [1.82, 2.24) is 0 Å². The van der Waals surface area contributed by atoms with E-state index < -0.39 is 59.2 Å². The Kier molecular flexibility index (Phi) is 10.2. The lowest BCUT2D eigenvalue weighted by atomic mass is 9.43. The first kappa shape index (κ1) is 34.4. The summed E-state index contributed by atoms with van der Waals surface area (Å²) < 4.78 is 80.3. The Morgan fingerprint density at radius 1 is 1.00 bits per heavy atom. The summed E-state index contributed by atoms with van der Waals surface area (Å²) >= 11 is 0. The third kappa shape index (κ3) is 6.60. The normalized spacial score (nSPS) is 39.1. The average Bonchev–Trinajstić information content (AvgIpc) is 3.29. The van der Waals surface area contributed by atoms with Gasteiger partial charge in [0.15, 0.2) is 10.1 Å². The van der Waals surface area contributed by atoms with Gasteiger partial charge in [-0.3, -0.25) is 9.59 Å². The maximum atomic E-state index is 13.4. The highest BCUT2D eigenvalue weighted by molar-refractivity contribution is 7.86. The van der Waals surface area contributed by atoms with Gasteiger partial charge >= 0.3 is 17.2 Å². The van der Waals surface area contributed by atoms with Gasteiger partial charge in [-0.2, -0.15) is 8.78 Å². The molecule has 13 heteroatoms. The number of alkyl halides is 3. The molecule has 0 spiro atoms. The van der Waals surface area contributed by atoms with Gasteiger partial charge in [0.25, 0.3) is 0 Å². The summed E-state index contributed by atoms with van der Waals surface area (Å²) in [5.74, 6) is 0.534. The van der Waals surface area contributed by atoms with Crippen LogP contribution < -0.4 is 0 Å². The van der Waals surface area contributed by atoms with Gasteiger partial charge in [-0.25, -0.2) is 12.8 Å². The van der Waals surface area contributed by atoms with Crippen molar-refractivity contribution >= 4 is 22.1 Å². The van der Waals surface area contributed by atoms with Crippen LogP contribution in [0.4, 0.5) is 13.2 Å². The minimum Gasteiger partial charge on any atom is -0.743 e. The van der Waals surface area contributed by atoms with E-state index in [1.165, 1.54) is 0 Å². The van der Waals surface area contributed by atoms with Crippen LogP contribution in [0.1, 0.15) is 91.4 Å². The number of hydrogen-bond donors (Lipinski definition) is 2. The maximum absolute atomic E-state index is 13.4. The van der Waals surface area contributed by atoms with Crippen molar-refractivity contribution in [3.8, 4) is 0 Å². The Labute approximate surface area is 252 Å². The van der Waals surface area contributed by atoms with E-state index in [0.29, 0.717) is 30.1 Å². The topological polar surface area (TPSA) is 150 Å². The molecule has 0 aromatic heterocycles.